The van der Waals surface area contributed by atoms with Gasteiger partial charge in [0.2, 0.25) is 0 Å². The number of nitrogens with zero attached hydrogens (tertiary/aromatic N) is 2. The first-order valence-corrected chi connectivity index (χ1v) is 9.17. The maximum atomic E-state index is 5.79. The van der Waals surface area contributed by atoms with E-state index < -0.39 is 0 Å². The highest BCUT2D eigenvalue weighted by Crippen LogP contribution is 2.24. The summed E-state index contributed by atoms with van der Waals surface area (Å²) in [6.45, 7) is 10.4. The lowest BCUT2D eigenvalue weighted by Crippen LogP contribution is -2.55. The van der Waals surface area contributed by atoms with Crippen LogP contribution in [0, 0.1) is 0 Å². The normalized spacial score (nSPS) is 36.1. The second kappa shape index (κ2) is 7.91. The molecule has 0 aliphatic carbocycles. The molecule has 0 aromatic rings. The molecule has 4 heteroatoms. The molecule has 3 aliphatic heterocycles. The molecule has 1 N–H and O–H groups in total. The van der Waals surface area contributed by atoms with Gasteiger partial charge in [0.1, 0.15) is 0 Å². The van der Waals surface area contributed by atoms with Crippen LogP contribution in [0.2, 0.25) is 0 Å². The van der Waals surface area contributed by atoms with Gasteiger partial charge in [0, 0.05) is 37.8 Å². The van der Waals surface area contributed by atoms with E-state index in [4.69, 9.17) is 4.74 Å². The Hall–Kier alpha value is -0.160. The average molecular weight is 295 g/mol. The molecule has 122 valence electrons. The van der Waals surface area contributed by atoms with Gasteiger partial charge in [-0.15, -0.1) is 0 Å². The Morgan fingerprint density at radius 2 is 1.90 bits per heavy atom. The fourth-order valence-corrected chi connectivity index (χ4v) is 4.30. The van der Waals surface area contributed by atoms with Crippen LogP contribution in [0.3, 0.4) is 0 Å². The SMILES string of the molecule is CCCNC1CCOCC1N1CCC(N2CCCCC2)C1. The van der Waals surface area contributed by atoms with Gasteiger partial charge in [0.25, 0.3) is 0 Å². The minimum absolute atomic E-state index is 0.597. The maximum absolute atomic E-state index is 5.79. The molecule has 0 aromatic heterocycles. The molecule has 3 saturated heterocycles. The lowest BCUT2D eigenvalue weighted by atomic mass is 10.0. The Morgan fingerprint density at radius 3 is 2.71 bits per heavy atom. The van der Waals surface area contributed by atoms with Crippen LogP contribution in [-0.4, -0.2) is 73.9 Å². The third-order valence-corrected chi connectivity index (χ3v) is 5.55. The second-order valence-electron chi connectivity index (χ2n) is 7.03. The van der Waals surface area contributed by atoms with E-state index in [1.54, 1.807) is 0 Å². The van der Waals surface area contributed by atoms with Crippen molar-refractivity contribution < 1.29 is 4.74 Å². The molecule has 3 atom stereocenters. The summed E-state index contributed by atoms with van der Waals surface area (Å²) >= 11 is 0. The van der Waals surface area contributed by atoms with Gasteiger partial charge < -0.3 is 10.1 Å². The van der Waals surface area contributed by atoms with Crippen molar-refractivity contribution >= 4 is 0 Å². The smallest absolute Gasteiger partial charge is 0.0637 e. The van der Waals surface area contributed by atoms with E-state index in [1.165, 1.54) is 64.7 Å². The number of piperidine rings is 1. The van der Waals surface area contributed by atoms with Crippen LogP contribution in [-0.2, 0) is 4.74 Å². The van der Waals surface area contributed by atoms with Crippen LogP contribution >= 0.6 is 0 Å². The average Bonchev–Trinajstić information content (AvgIpc) is 3.04. The van der Waals surface area contributed by atoms with E-state index in [1.807, 2.05) is 0 Å². The quantitative estimate of drug-likeness (QED) is 0.835. The van der Waals surface area contributed by atoms with Crippen LogP contribution in [0.15, 0.2) is 0 Å². The van der Waals surface area contributed by atoms with Crippen LogP contribution in [0.5, 0.6) is 0 Å². The Balaban J connectivity index is 1.53. The fourth-order valence-electron chi connectivity index (χ4n) is 4.30. The molecule has 4 nitrogen and oxygen atoms in total. The van der Waals surface area contributed by atoms with E-state index in [0.29, 0.717) is 12.1 Å². The van der Waals surface area contributed by atoms with Crippen LogP contribution in [0.1, 0.15) is 45.4 Å². The van der Waals surface area contributed by atoms with Gasteiger partial charge in [0.15, 0.2) is 0 Å². The molecule has 0 aromatic carbocycles. The highest BCUT2D eigenvalue weighted by molar-refractivity contribution is 4.94. The van der Waals surface area contributed by atoms with Crippen molar-refractivity contribution in [2.45, 2.75) is 63.6 Å². The van der Waals surface area contributed by atoms with Gasteiger partial charge in [0.05, 0.1) is 6.61 Å². The summed E-state index contributed by atoms with van der Waals surface area (Å²) in [5.41, 5.74) is 0. The van der Waals surface area contributed by atoms with E-state index in [0.717, 1.165) is 25.8 Å². The topological polar surface area (TPSA) is 27.7 Å². The molecule has 3 unspecified atom stereocenters. The van der Waals surface area contributed by atoms with Gasteiger partial charge in [-0.3, -0.25) is 9.80 Å². The lowest BCUT2D eigenvalue weighted by Gasteiger charge is -2.39. The monoisotopic (exact) mass is 295 g/mol. The van der Waals surface area contributed by atoms with E-state index in [9.17, 15) is 0 Å². The summed E-state index contributed by atoms with van der Waals surface area (Å²) in [5, 5.41) is 3.76. The van der Waals surface area contributed by atoms with Gasteiger partial charge in [-0.1, -0.05) is 13.3 Å². The minimum atomic E-state index is 0.597. The molecule has 0 amide bonds. The van der Waals surface area contributed by atoms with Crippen molar-refractivity contribution in [3.63, 3.8) is 0 Å². The Kier molecular flexibility index (Phi) is 5.92. The van der Waals surface area contributed by atoms with Crippen molar-refractivity contribution in [2.75, 3.05) is 45.9 Å². The zero-order valence-corrected chi connectivity index (χ0v) is 13.7. The summed E-state index contributed by atoms with van der Waals surface area (Å²) in [6.07, 6.45) is 8.01. The Bertz CT molecular complexity index is 306. The van der Waals surface area contributed by atoms with Crippen molar-refractivity contribution in [1.29, 1.82) is 0 Å². The van der Waals surface area contributed by atoms with Gasteiger partial charge in [-0.05, 0) is 51.7 Å². The molecule has 21 heavy (non-hydrogen) atoms. The van der Waals surface area contributed by atoms with Crippen LogP contribution < -0.4 is 5.32 Å². The molecule has 3 rings (SSSR count). The predicted octanol–water partition coefficient (Wildman–Crippen LogP) is 1.70. The molecular weight excluding hydrogens is 262 g/mol. The number of likely N-dealkylation sites (tertiary alicyclic amines) is 2. The number of nitrogens with one attached hydrogen (secondary N) is 1. The molecule has 3 aliphatic rings. The first-order chi connectivity index (χ1) is 10.4. The summed E-state index contributed by atoms with van der Waals surface area (Å²) in [5.74, 6) is 0. The zero-order chi connectivity index (χ0) is 14.5. The van der Waals surface area contributed by atoms with Gasteiger partial charge in [-0.25, -0.2) is 0 Å². The third-order valence-electron chi connectivity index (χ3n) is 5.55. The molecule has 0 spiro atoms. The Labute approximate surface area is 130 Å². The Morgan fingerprint density at radius 1 is 1.05 bits per heavy atom. The van der Waals surface area contributed by atoms with Crippen molar-refractivity contribution in [3.05, 3.63) is 0 Å². The molecular formula is C17H33N3O. The van der Waals surface area contributed by atoms with Crippen LogP contribution in [0.4, 0.5) is 0 Å². The fraction of sp³-hybridized carbons (Fsp3) is 1.00. The van der Waals surface area contributed by atoms with Gasteiger partial charge in [-0.2, -0.15) is 0 Å². The molecule has 3 heterocycles. The van der Waals surface area contributed by atoms with Crippen LogP contribution in [0.25, 0.3) is 0 Å². The van der Waals surface area contributed by atoms with E-state index >= 15 is 0 Å². The minimum Gasteiger partial charge on any atom is -0.380 e. The van der Waals surface area contributed by atoms with Gasteiger partial charge >= 0.3 is 0 Å². The van der Waals surface area contributed by atoms with Crippen molar-refractivity contribution in [2.24, 2.45) is 0 Å². The number of hydrogen-bond acceptors (Lipinski definition) is 4. The summed E-state index contributed by atoms with van der Waals surface area (Å²) < 4.78 is 5.79. The summed E-state index contributed by atoms with van der Waals surface area (Å²) in [6, 6.07) is 2.04. The van der Waals surface area contributed by atoms with E-state index in [2.05, 4.69) is 22.0 Å². The van der Waals surface area contributed by atoms with E-state index in [-0.39, 0.29) is 0 Å². The maximum Gasteiger partial charge on any atom is 0.0637 e. The number of rotatable bonds is 5. The molecule has 0 saturated carbocycles. The highest BCUT2D eigenvalue weighted by atomic mass is 16.5. The third kappa shape index (κ3) is 3.98. The summed E-state index contributed by atoms with van der Waals surface area (Å²) in [7, 11) is 0. The lowest BCUT2D eigenvalue weighted by molar-refractivity contribution is 0.00237. The first-order valence-electron chi connectivity index (χ1n) is 9.17. The molecule has 0 bridgehead atoms. The standard InChI is InChI=1S/C17H33N3O/c1-2-8-18-16-7-12-21-14-17(16)20-11-6-15(13-20)19-9-4-3-5-10-19/h15-18H,2-14H2,1H3. The number of ether oxygens (including phenoxy) is 1. The van der Waals surface area contributed by atoms with Crippen molar-refractivity contribution in [1.82, 2.24) is 15.1 Å². The first kappa shape index (κ1) is 15.7. The molecule has 0 radical (unpaired) electrons. The zero-order valence-electron chi connectivity index (χ0n) is 13.7. The number of hydrogen-bond donors (Lipinski definition) is 1. The molecule has 3 fully saturated rings. The highest BCUT2D eigenvalue weighted by Gasteiger charge is 2.36. The second-order valence-corrected chi connectivity index (χ2v) is 7.03. The van der Waals surface area contributed by atoms with Crippen molar-refractivity contribution in [3.8, 4) is 0 Å². The summed E-state index contributed by atoms with van der Waals surface area (Å²) in [4.78, 5) is 5.47. The predicted molar refractivity (Wildman–Crippen MR) is 86.7 cm³/mol. The largest absolute Gasteiger partial charge is 0.380 e.